The first-order valence-electron chi connectivity index (χ1n) is 8.25. The number of hydrogen-bond donors (Lipinski definition) is 1. The number of carbonyl (C=O) groups is 1. The number of rotatable bonds is 1. The Morgan fingerprint density at radius 2 is 1.54 bits per heavy atom. The molecule has 4 heteroatoms. The van der Waals surface area contributed by atoms with Gasteiger partial charge in [0.2, 0.25) is 5.78 Å². The number of Topliss-reactive ketones (excluding diaryl/α,β-unsaturated/α-hetero) is 1. The molecule has 4 nitrogen and oxygen atoms in total. The van der Waals surface area contributed by atoms with Gasteiger partial charge >= 0.3 is 0 Å². The molecule has 0 bridgehead atoms. The van der Waals surface area contributed by atoms with Gasteiger partial charge in [-0.25, -0.2) is 4.98 Å². The van der Waals surface area contributed by atoms with Gasteiger partial charge in [-0.1, -0.05) is 36.4 Å². The average Bonchev–Trinajstić information content (AvgIpc) is 2.96. The third kappa shape index (κ3) is 2.16. The summed E-state index contributed by atoms with van der Waals surface area (Å²) in [5.41, 5.74) is 3.07. The van der Waals surface area contributed by atoms with E-state index >= 15 is 0 Å². The van der Waals surface area contributed by atoms with Gasteiger partial charge < -0.3 is 9.84 Å². The molecule has 0 amide bonds. The molecule has 5 rings (SSSR count). The topological polar surface area (TPSA) is 59.4 Å². The van der Waals surface area contributed by atoms with Gasteiger partial charge in [0.15, 0.2) is 5.76 Å². The number of ketones is 1. The monoisotopic (exact) mass is 339 g/mol. The zero-order chi connectivity index (χ0) is 17.7. The summed E-state index contributed by atoms with van der Waals surface area (Å²) < 4.78 is 5.73. The molecule has 0 aliphatic carbocycles. The van der Waals surface area contributed by atoms with Gasteiger partial charge in [-0.15, -0.1) is 0 Å². The van der Waals surface area contributed by atoms with E-state index in [9.17, 15) is 9.90 Å². The minimum Gasteiger partial charge on any atom is -0.508 e. The number of fused-ring (bicyclic) bond motifs is 3. The number of para-hydroxylation sites is 2. The predicted molar refractivity (Wildman–Crippen MR) is 100 cm³/mol. The zero-order valence-corrected chi connectivity index (χ0v) is 13.6. The number of nitrogens with zero attached hydrogens (tertiary/aromatic N) is 1. The van der Waals surface area contributed by atoms with Crippen LogP contribution in [0.1, 0.15) is 15.9 Å². The van der Waals surface area contributed by atoms with E-state index in [2.05, 4.69) is 0 Å². The van der Waals surface area contributed by atoms with Crippen LogP contribution in [0.15, 0.2) is 72.5 Å². The van der Waals surface area contributed by atoms with Crippen LogP contribution in [0.2, 0.25) is 0 Å². The fraction of sp³-hybridized carbons (Fsp3) is 0. The molecule has 3 aromatic carbocycles. The number of allylic oxidation sites excluding steroid dienone is 1. The highest BCUT2D eigenvalue weighted by atomic mass is 16.5. The number of hydrogen-bond acceptors (Lipinski definition) is 4. The molecule has 1 N–H and O–H groups in total. The molecular formula is C22H13NO3. The Hall–Kier alpha value is -3.66. The number of benzene rings is 3. The zero-order valence-electron chi connectivity index (χ0n) is 13.6. The molecule has 0 spiro atoms. The first kappa shape index (κ1) is 14.7. The first-order valence-corrected chi connectivity index (χ1v) is 8.25. The summed E-state index contributed by atoms with van der Waals surface area (Å²) >= 11 is 0. The molecule has 124 valence electrons. The lowest BCUT2D eigenvalue weighted by Gasteiger charge is -2.08. The van der Waals surface area contributed by atoms with Gasteiger partial charge in [-0.2, -0.15) is 0 Å². The number of ether oxygens (including phenoxy) is 1. The third-order valence-corrected chi connectivity index (χ3v) is 4.56. The van der Waals surface area contributed by atoms with E-state index in [0.717, 1.165) is 27.4 Å². The maximum atomic E-state index is 12.7. The second kappa shape index (κ2) is 5.43. The van der Waals surface area contributed by atoms with Crippen molar-refractivity contribution in [1.29, 1.82) is 0 Å². The van der Waals surface area contributed by atoms with Crippen molar-refractivity contribution in [1.82, 2.24) is 4.98 Å². The van der Waals surface area contributed by atoms with Gasteiger partial charge in [0, 0.05) is 16.8 Å². The Balaban J connectivity index is 1.77. The van der Waals surface area contributed by atoms with Crippen LogP contribution < -0.4 is 4.74 Å². The van der Waals surface area contributed by atoms with Crippen LogP contribution in [0.25, 0.3) is 27.9 Å². The summed E-state index contributed by atoms with van der Waals surface area (Å²) in [6, 6.07) is 20.2. The lowest BCUT2D eigenvalue weighted by molar-refractivity contribution is 0.101. The lowest BCUT2D eigenvalue weighted by atomic mass is 10.0. The Morgan fingerprint density at radius 3 is 2.23 bits per heavy atom. The van der Waals surface area contributed by atoms with Gasteiger partial charge in [-0.05, 0) is 35.9 Å². The number of carbonyl (C=O) groups excluding carboxylic acids is 1. The summed E-state index contributed by atoms with van der Waals surface area (Å²) in [6.07, 6.45) is 1.77. The highest BCUT2D eigenvalue weighted by molar-refractivity contribution is 6.16. The molecule has 1 aliphatic heterocycles. The molecule has 26 heavy (non-hydrogen) atoms. The minimum absolute atomic E-state index is 0.0672. The van der Waals surface area contributed by atoms with Crippen LogP contribution in [0, 0.1) is 0 Å². The molecule has 1 aromatic heterocycles. The van der Waals surface area contributed by atoms with Crippen molar-refractivity contribution in [3.05, 3.63) is 83.6 Å². The fourth-order valence-electron chi connectivity index (χ4n) is 3.33. The Kier molecular flexibility index (Phi) is 3.06. The van der Waals surface area contributed by atoms with Gasteiger partial charge in [0.05, 0.1) is 16.6 Å². The summed E-state index contributed by atoms with van der Waals surface area (Å²) in [7, 11) is 0. The highest BCUT2D eigenvalue weighted by Gasteiger charge is 2.28. The third-order valence-electron chi connectivity index (χ3n) is 4.56. The normalized spacial score (nSPS) is 14.8. The van der Waals surface area contributed by atoms with E-state index < -0.39 is 0 Å². The Bertz CT molecular complexity index is 1190. The standard InChI is InChI=1S/C22H13NO3/c24-13-9-10-16-20(11-13)26-21(22(16)25)12-17-14-5-1-3-7-18(14)23-19-8-4-2-6-15(17)19/h1-12,24H/b21-12-. The number of phenols is 1. The molecule has 0 saturated heterocycles. The average molecular weight is 339 g/mol. The maximum Gasteiger partial charge on any atom is 0.231 e. The first-order chi connectivity index (χ1) is 12.7. The Labute approximate surface area is 149 Å². The van der Waals surface area contributed by atoms with Crippen LogP contribution in [0.4, 0.5) is 0 Å². The Morgan fingerprint density at radius 1 is 0.885 bits per heavy atom. The molecular weight excluding hydrogens is 326 g/mol. The van der Waals surface area contributed by atoms with Crippen LogP contribution in [-0.2, 0) is 0 Å². The summed E-state index contributed by atoms with van der Waals surface area (Å²) in [5, 5.41) is 11.5. The second-order valence-electron chi connectivity index (χ2n) is 6.18. The van der Waals surface area contributed by atoms with E-state index in [1.54, 1.807) is 12.1 Å². The van der Waals surface area contributed by atoms with Crippen molar-refractivity contribution in [2.24, 2.45) is 0 Å². The number of phenolic OH excluding ortho intramolecular Hbond substituents is 1. The molecule has 0 saturated carbocycles. The maximum absolute atomic E-state index is 12.7. The molecule has 4 aromatic rings. The van der Waals surface area contributed by atoms with Crippen LogP contribution in [0.3, 0.4) is 0 Å². The molecule has 0 atom stereocenters. The van der Waals surface area contributed by atoms with E-state index in [0.29, 0.717) is 11.3 Å². The van der Waals surface area contributed by atoms with E-state index in [-0.39, 0.29) is 17.3 Å². The summed E-state index contributed by atoms with van der Waals surface area (Å²) in [5.74, 6) is 0.499. The van der Waals surface area contributed by atoms with Gasteiger partial charge in [0.25, 0.3) is 0 Å². The SMILES string of the molecule is O=C1/C(=C/c2c3ccccc3nc3ccccc23)Oc2cc(O)ccc21. The molecule has 0 fully saturated rings. The van der Waals surface area contributed by atoms with Crippen molar-refractivity contribution in [3.8, 4) is 11.5 Å². The van der Waals surface area contributed by atoms with Crippen molar-refractivity contribution in [2.45, 2.75) is 0 Å². The van der Waals surface area contributed by atoms with Crippen molar-refractivity contribution < 1.29 is 14.6 Å². The van der Waals surface area contributed by atoms with Crippen LogP contribution in [0.5, 0.6) is 11.5 Å². The van der Waals surface area contributed by atoms with E-state index in [1.165, 1.54) is 12.1 Å². The lowest BCUT2D eigenvalue weighted by Crippen LogP contribution is -1.99. The molecule has 0 unspecified atom stereocenters. The number of aromatic nitrogens is 1. The molecule has 1 aliphatic rings. The van der Waals surface area contributed by atoms with Gasteiger partial charge in [-0.3, -0.25) is 4.79 Å². The van der Waals surface area contributed by atoms with E-state index in [1.807, 2.05) is 48.5 Å². The largest absolute Gasteiger partial charge is 0.508 e. The number of aromatic hydroxyl groups is 1. The summed E-state index contributed by atoms with van der Waals surface area (Å²) in [6.45, 7) is 0. The quantitative estimate of drug-likeness (QED) is 0.403. The predicted octanol–water partition coefficient (Wildman–Crippen LogP) is 4.71. The van der Waals surface area contributed by atoms with Gasteiger partial charge in [0.1, 0.15) is 11.5 Å². The smallest absolute Gasteiger partial charge is 0.231 e. The van der Waals surface area contributed by atoms with Crippen LogP contribution in [-0.4, -0.2) is 15.9 Å². The van der Waals surface area contributed by atoms with Crippen molar-refractivity contribution >= 4 is 33.7 Å². The second-order valence-corrected chi connectivity index (χ2v) is 6.18. The van der Waals surface area contributed by atoms with E-state index in [4.69, 9.17) is 9.72 Å². The number of pyridine rings is 1. The minimum atomic E-state index is -0.190. The van der Waals surface area contributed by atoms with Crippen molar-refractivity contribution in [2.75, 3.05) is 0 Å². The molecule has 2 heterocycles. The highest BCUT2D eigenvalue weighted by Crippen LogP contribution is 2.36. The molecule has 0 radical (unpaired) electrons. The van der Waals surface area contributed by atoms with Crippen LogP contribution >= 0.6 is 0 Å². The fourth-order valence-corrected chi connectivity index (χ4v) is 3.33. The summed E-state index contributed by atoms with van der Waals surface area (Å²) in [4.78, 5) is 17.4. The van der Waals surface area contributed by atoms with Crippen molar-refractivity contribution in [3.63, 3.8) is 0 Å².